The molecule has 0 saturated carbocycles. The average molecular weight is 463 g/mol. The summed E-state index contributed by atoms with van der Waals surface area (Å²) in [5.74, 6) is -1.81. The van der Waals surface area contributed by atoms with E-state index in [2.05, 4.69) is 60.3 Å². The molecule has 128 valence electrons. The third kappa shape index (κ3) is 22.5. The molecule has 0 amide bonds. The van der Waals surface area contributed by atoms with Gasteiger partial charge in [-0.1, -0.05) is 35.3 Å². The second-order valence-corrected chi connectivity index (χ2v) is 6.37. The van der Waals surface area contributed by atoms with Gasteiger partial charge in [-0.15, -0.1) is 0 Å². The first-order valence-electron chi connectivity index (χ1n) is 6.56. The number of hydrogen-bond acceptors (Lipinski definition) is 6. The summed E-state index contributed by atoms with van der Waals surface area (Å²) in [6, 6.07) is -1.24. The molecule has 0 heterocycles. The van der Waals surface area contributed by atoms with Gasteiger partial charge in [0, 0.05) is 0 Å². The summed E-state index contributed by atoms with van der Waals surface area (Å²) >= 11 is 18.2. The van der Waals surface area contributed by atoms with Crippen molar-refractivity contribution in [1.29, 1.82) is 0 Å². The molecule has 0 fully saturated rings. The van der Waals surface area contributed by atoms with Gasteiger partial charge in [0.15, 0.2) is 0 Å². The SMILES string of the molecule is CCCC(NC(=S)[S-])C(=O)O.CCCC(NC(=S)[S-])C(=O)O.[K+].[K+]. The summed E-state index contributed by atoms with van der Waals surface area (Å²) in [4.78, 5) is 20.9. The summed E-state index contributed by atoms with van der Waals surface area (Å²) in [6.07, 6.45) is 2.68. The molecule has 0 aliphatic heterocycles. The van der Waals surface area contributed by atoms with Crippen molar-refractivity contribution in [1.82, 2.24) is 10.6 Å². The number of hydrogen-bond donors (Lipinski definition) is 4. The van der Waals surface area contributed by atoms with Crippen LogP contribution in [0, 0.1) is 0 Å². The molecule has 6 nitrogen and oxygen atoms in total. The Morgan fingerprint density at radius 3 is 1.25 bits per heavy atom. The van der Waals surface area contributed by atoms with E-state index >= 15 is 0 Å². The summed E-state index contributed by atoms with van der Waals surface area (Å²) in [6.45, 7) is 3.81. The van der Waals surface area contributed by atoms with Crippen LogP contribution in [0.15, 0.2) is 0 Å². The van der Waals surface area contributed by atoms with Crippen LogP contribution in [-0.4, -0.2) is 42.9 Å². The van der Waals surface area contributed by atoms with Crippen molar-refractivity contribution in [3.8, 4) is 0 Å². The number of nitrogens with one attached hydrogen (secondary N) is 2. The standard InChI is InChI=1S/2C6H11NO2S2.2K/c2*1-2-3-4(5(8)9)7-6(10)11;;/h2*4H,2-3H2,1H3,(H,8,9)(H2,7,10,11);;/q;;2*+1/p-2. The molecule has 4 N–H and O–H groups in total. The summed E-state index contributed by atoms with van der Waals surface area (Å²) < 4.78 is 0.233. The van der Waals surface area contributed by atoms with Gasteiger partial charge in [0.05, 0.1) is 0 Å². The average Bonchev–Trinajstić information content (AvgIpc) is 2.37. The molecule has 0 aromatic rings. The molecule has 0 radical (unpaired) electrons. The number of aliphatic carboxylic acids is 2. The fraction of sp³-hybridized carbons (Fsp3) is 0.667. The van der Waals surface area contributed by atoms with Crippen LogP contribution in [0.5, 0.6) is 0 Å². The topological polar surface area (TPSA) is 98.7 Å². The number of carboxylic acid groups (broad SMARTS) is 2. The van der Waals surface area contributed by atoms with Crippen LogP contribution in [0.4, 0.5) is 0 Å². The van der Waals surface area contributed by atoms with E-state index in [4.69, 9.17) is 10.2 Å². The zero-order valence-electron chi connectivity index (χ0n) is 14.3. The van der Waals surface area contributed by atoms with Crippen molar-refractivity contribution in [2.45, 2.75) is 51.6 Å². The van der Waals surface area contributed by atoms with Crippen molar-refractivity contribution < 1.29 is 123 Å². The first kappa shape index (κ1) is 34.0. The Labute approximate surface area is 250 Å². The Hall–Kier alpha value is 2.43. The van der Waals surface area contributed by atoms with Crippen LogP contribution in [0.3, 0.4) is 0 Å². The molecule has 0 aliphatic rings. The van der Waals surface area contributed by atoms with Gasteiger partial charge in [-0.05, 0) is 12.8 Å². The van der Waals surface area contributed by atoms with E-state index < -0.39 is 24.0 Å². The molecule has 0 aromatic carbocycles. The maximum atomic E-state index is 10.5. The molecular formula is C12H20K2N2O4S4. The van der Waals surface area contributed by atoms with Gasteiger partial charge in [0.25, 0.3) is 0 Å². The molecule has 12 heteroatoms. The van der Waals surface area contributed by atoms with Crippen LogP contribution in [-0.2, 0) is 34.8 Å². The smallest absolute Gasteiger partial charge is 0.480 e. The largest absolute Gasteiger partial charge is 1.00 e. The van der Waals surface area contributed by atoms with Crippen molar-refractivity contribution in [2.75, 3.05) is 0 Å². The molecule has 2 atom stereocenters. The van der Waals surface area contributed by atoms with E-state index in [1.807, 2.05) is 13.8 Å². The van der Waals surface area contributed by atoms with Gasteiger partial charge < -0.3 is 70.5 Å². The predicted molar refractivity (Wildman–Crippen MR) is 98.9 cm³/mol. The van der Waals surface area contributed by atoms with Crippen molar-refractivity contribution in [3.63, 3.8) is 0 Å². The monoisotopic (exact) mass is 462 g/mol. The first-order valence-corrected chi connectivity index (χ1v) is 8.19. The Bertz CT molecular complexity index is 367. The minimum atomic E-state index is -0.904. The van der Waals surface area contributed by atoms with Crippen molar-refractivity contribution in [2.24, 2.45) is 0 Å². The van der Waals surface area contributed by atoms with Gasteiger partial charge in [-0.2, -0.15) is 0 Å². The molecule has 0 rings (SSSR count). The molecule has 0 saturated heterocycles. The molecule has 24 heavy (non-hydrogen) atoms. The molecule has 2 unspecified atom stereocenters. The van der Waals surface area contributed by atoms with E-state index in [0.29, 0.717) is 12.8 Å². The number of carbonyl (C=O) groups is 2. The summed E-state index contributed by atoms with van der Waals surface area (Å²) in [7, 11) is 0. The van der Waals surface area contributed by atoms with Gasteiger partial charge in [0.2, 0.25) is 0 Å². The normalized spacial score (nSPS) is 11.1. The van der Waals surface area contributed by atoms with Crippen LogP contribution < -0.4 is 113 Å². The van der Waals surface area contributed by atoms with Gasteiger partial charge in [0.1, 0.15) is 12.1 Å². The van der Waals surface area contributed by atoms with Gasteiger partial charge >= 0.3 is 115 Å². The Morgan fingerprint density at radius 2 is 1.12 bits per heavy atom. The van der Waals surface area contributed by atoms with E-state index in [0.717, 1.165) is 12.8 Å². The van der Waals surface area contributed by atoms with E-state index in [-0.39, 0.29) is 111 Å². The van der Waals surface area contributed by atoms with E-state index in [1.165, 1.54) is 0 Å². The second kappa shape index (κ2) is 21.7. The number of rotatable bonds is 8. The molecule has 0 aliphatic carbocycles. The number of carboxylic acids is 2. The van der Waals surface area contributed by atoms with Crippen LogP contribution in [0.1, 0.15) is 39.5 Å². The molecular weight excluding hydrogens is 443 g/mol. The van der Waals surface area contributed by atoms with Gasteiger partial charge in [-0.25, -0.2) is 9.59 Å². The number of thiocarbonyl (C=S) groups is 2. The Kier molecular flexibility index (Phi) is 30.8. The zero-order chi connectivity index (χ0) is 17.7. The fourth-order valence-electron chi connectivity index (χ4n) is 1.38. The Morgan fingerprint density at radius 1 is 0.875 bits per heavy atom. The van der Waals surface area contributed by atoms with Crippen molar-refractivity contribution in [3.05, 3.63) is 0 Å². The predicted octanol–water partition coefficient (Wildman–Crippen LogP) is -4.67. The van der Waals surface area contributed by atoms with E-state index in [1.54, 1.807) is 0 Å². The molecule has 0 spiro atoms. The van der Waals surface area contributed by atoms with Gasteiger partial charge in [-0.3, -0.25) is 0 Å². The maximum Gasteiger partial charge on any atom is 1.00 e. The Balaban J connectivity index is -0.000000154. The third-order valence-corrected chi connectivity index (χ3v) is 2.81. The first-order chi connectivity index (χ1) is 10.1. The summed E-state index contributed by atoms with van der Waals surface area (Å²) in [5, 5.41) is 22.2. The molecule has 0 bridgehead atoms. The van der Waals surface area contributed by atoms with E-state index in [9.17, 15) is 9.59 Å². The zero-order valence-corrected chi connectivity index (χ0v) is 23.8. The van der Waals surface area contributed by atoms with Crippen LogP contribution in [0.25, 0.3) is 0 Å². The minimum absolute atomic E-state index is 0. The minimum Gasteiger partial charge on any atom is -0.480 e. The fourth-order valence-corrected chi connectivity index (χ4v) is 1.95. The third-order valence-electron chi connectivity index (χ3n) is 2.34. The second-order valence-electron chi connectivity index (χ2n) is 4.22. The molecule has 0 aromatic heterocycles. The van der Waals surface area contributed by atoms with Crippen molar-refractivity contribution >= 4 is 70.3 Å². The summed E-state index contributed by atoms with van der Waals surface area (Å²) in [5.41, 5.74) is 0. The maximum absolute atomic E-state index is 10.5. The van der Waals surface area contributed by atoms with Crippen LogP contribution >= 0.6 is 24.4 Å². The van der Waals surface area contributed by atoms with Crippen LogP contribution in [0.2, 0.25) is 0 Å². The quantitative estimate of drug-likeness (QED) is 0.160.